The smallest absolute Gasteiger partial charge is 0.150 e. The topological polar surface area (TPSA) is 28.6 Å². The molecular weight excluding hydrogens is 294 g/mol. The van der Waals surface area contributed by atoms with Crippen LogP contribution in [0.3, 0.4) is 0 Å². The van der Waals surface area contributed by atoms with Gasteiger partial charge in [0.15, 0.2) is 0 Å². The van der Waals surface area contributed by atoms with Gasteiger partial charge < -0.3 is 9.64 Å². The van der Waals surface area contributed by atoms with Crippen molar-refractivity contribution in [3.63, 3.8) is 0 Å². The Morgan fingerprint density at radius 2 is 2.00 bits per heavy atom. The zero-order valence-electron chi connectivity index (χ0n) is 12.9. The molecule has 22 heavy (non-hydrogen) atoms. The van der Waals surface area contributed by atoms with Gasteiger partial charge in [0.2, 0.25) is 0 Å². The predicted molar refractivity (Wildman–Crippen MR) is 91.9 cm³/mol. The van der Waals surface area contributed by atoms with Crippen molar-refractivity contribution >= 4 is 27.4 Å². The molecule has 2 aliphatic rings. The van der Waals surface area contributed by atoms with Crippen LogP contribution in [0.15, 0.2) is 24.3 Å². The van der Waals surface area contributed by atoms with E-state index in [0.717, 1.165) is 39.3 Å². The van der Waals surface area contributed by atoms with E-state index in [1.165, 1.54) is 35.2 Å². The average molecular weight is 317 g/mol. The van der Waals surface area contributed by atoms with Crippen molar-refractivity contribution < 1.29 is 4.74 Å². The minimum atomic E-state index is 0.459. The summed E-state index contributed by atoms with van der Waals surface area (Å²) < 4.78 is 11.8. The van der Waals surface area contributed by atoms with Gasteiger partial charge in [-0.1, -0.05) is 12.1 Å². The van der Waals surface area contributed by atoms with Gasteiger partial charge in [-0.15, -0.1) is 0 Å². The maximum atomic E-state index is 5.87. The molecule has 1 atom stereocenters. The highest BCUT2D eigenvalue weighted by Gasteiger charge is 2.23. The second kappa shape index (κ2) is 6.52. The predicted octanol–water partition coefficient (Wildman–Crippen LogP) is 2.99. The Morgan fingerprint density at radius 1 is 1.14 bits per heavy atom. The molecule has 1 aromatic heterocycles. The number of ether oxygens (including phenoxy) is 1. The first-order valence-corrected chi connectivity index (χ1v) is 9.11. The molecule has 2 fully saturated rings. The first-order valence-electron chi connectivity index (χ1n) is 8.33. The zero-order valence-corrected chi connectivity index (χ0v) is 13.7. The minimum Gasteiger partial charge on any atom is -0.377 e. The van der Waals surface area contributed by atoms with Crippen LogP contribution in [0.4, 0.5) is 5.82 Å². The Hall–Kier alpha value is -1.17. The minimum absolute atomic E-state index is 0.459. The van der Waals surface area contributed by atoms with Crippen molar-refractivity contribution in [2.75, 3.05) is 44.2 Å². The first-order chi connectivity index (χ1) is 10.9. The molecule has 118 valence electrons. The SMILES string of the molecule is c1ccc2c(N3CCN(CC4CCCCO4)CC3)nsc2c1. The summed E-state index contributed by atoms with van der Waals surface area (Å²) in [4.78, 5) is 5.00. The van der Waals surface area contributed by atoms with Crippen LogP contribution in [-0.2, 0) is 4.74 Å². The van der Waals surface area contributed by atoms with Crippen LogP contribution < -0.4 is 4.90 Å². The Labute approximate surface area is 135 Å². The molecule has 2 aliphatic heterocycles. The third-order valence-electron chi connectivity index (χ3n) is 4.77. The lowest BCUT2D eigenvalue weighted by molar-refractivity contribution is -0.00645. The van der Waals surface area contributed by atoms with E-state index in [9.17, 15) is 0 Å². The normalized spacial score (nSPS) is 24.0. The van der Waals surface area contributed by atoms with E-state index in [2.05, 4.69) is 38.4 Å². The largest absolute Gasteiger partial charge is 0.377 e. The lowest BCUT2D eigenvalue weighted by Crippen LogP contribution is -2.49. The summed E-state index contributed by atoms with van der Waals surface area (Å²) in [7, 11) is 0. The molecule has 0 N–H and O–H groups in total. The van der Waals surface area contributed by atoms with Gasteiger partial charge >= 0.3 is 0 Å². The molecule has 0 aliphatic carbocycles. The number of rotatable bonds is 3. The fraction of sp³-hybridized carbons (Fsp3) is 0.588. The van der Waals surface area contributed by atoms with Gasteiger partial charge in [0, 0.05) is 44.7 Å². The molecule has 0 saturated carbocycles. The molecule has 5 heteroatoms. The number of benzene rings is 1. The van der Waals surface area contributed by atoms with Crippen molar-refractivity contribution in [3.05, 3.63) is 24.3 Å². The Bertz CT molecular complexity index is 615. The van der Waals surface area contributed by atoms with Gasteiger partial charge in [-0.05, 0) is 42.9 Å². The van der Waals surface area contributed by atoms with Gasteiger partial charge in [0.1, 0.15) is 5.82 Å². The summed E-state index contributed by atoms with van der Waals surface area (Å²) in [5, 5.41) is 1.30. The zero-order chi connectivity index (χ0) is 14.8. The number of hydrogen-bond acceptors (Lipinski definition) is 5. The monoisotopic (exact) mass is 317 g/mol. The van der Waals surface area contributed by atoms with Crippen LogP contribution in [0.5, 0.6) is 0 Å². The van der Waals surface area contributed by atoms with Crippen LogP contribution in [0, 0.1) is 0 Å². The summed E-state index contributed by atoms with van der Waals surface area (Å²) in [6.45, 7) is 6.43. The number of aromatic nitrogens is 1. The van der Waals surface area contributed by atoms with Crippen molar-refractivity contribution in [2.24, 2.45) is 0 Å². The number of anilines is 1. The summed E-state index contributed by atoms with van der Waals surface area (Å²) in [5.74, 6) is 1.18. The Balaban J connectivity index is 1.37. The molecule has 1 aromatic carbocycles. The second-order valence-corrected chi connectivity index (χ2v) is 7.08. The van der Waals surface area contributed by atoms with E-state index in [1.807, 2.05) is 0 Å². The third kappa shape index (κ3) is 2.98. The van der Waals surface area contributed by atoms with Crippen LogP contribution >= 0.6 is 11.5 Å². The molecule has 0 radical (unpaired) electrons. The molecule has 4 rings (SSSR count). The molecule has 2 aromatic rings. The van der Waals surface area contributed by atoms with E-state index in [-0.39, 0.29) is 0 Å². The van der Waals surface area contributed by atoms with E-state index in [0.29, 0.717) is 6.10 Å². The quantitative estimate of drug-likeness (QED) is 0.870. The highest BCUT2D eigenvalue weighted by molar-refractivity contribution is 7.13. The standard InChI is InChI=1S/C17H23N3OS/c1-2-7-16-15(6-1)17(18-22-16)20-10-8-19(9-11-20)13-14-5-3-4-12-21-14/h1-2,6-7,14H,3-5,8-13H2. The van der Waals surface area contributed by atoms with Gasteiger partial charge in [0.05, 0.1) is 10.8 Å². The van der Waals surface area contributed by atoms with Crippen molar-refractivity contribution in [1.82, 2.24) is 9.27 Å². The third-order valence-corrected chi connectivity index (χ3v) is 5.58. The molecular formula is C17H23N3OS. The molecule has 0 amide bonds. The van der Waals surface area contributed by atoms with Gasteiger partial charge in [-0.2, -0.15) is 4.37 Å². The van der Waals surface area contributed by atoms with Gasteiger partial charge in [-0.3, -0.25) is 4.90 Å². The number of piperazine rings is 1. The van der Waals surface area contributed by atoms with Crippen LogP contribution in [0.2, 0.25) is 0 Å². The maximum absolute atomic E-state index is 5.87. The van der Waals surface area contributed by atoms with E-state index >= 15 is 0 Å². The lowest BCUT2D eigenvalue weighted by atomic mass is 10.1. The van der Waals surface area contributed by atoms with E-state index in [4.69, 9.17) is 4.74 Å². The fourth-order valence-corrected chi connectivity index (χ4v) is 4.28. The Morgan fingerprint density at radius 3 is 2.82 bits per heavy atom. The average Bonchev–Trinajstić information content (AvgIpc) is 3.01. The van der Waals surface area contributed by atoms with Crippen LogP contribution in [-0.4, -0.2) is 54.7 Å². The Kier molecular flexibility index (Phi) is 4.28. The maximum Gasteiger partial charge on any atom is 0.150 e. The second-order valence-electron chi connectivity index (χ2n) is 6.28. The molecule has 3 heterocycles. The van der Waals surface area contributed by atoms with Crippen molar-refractivity contribution in [1.29, 1.82) is 0 Å². The van der Waals surface area contributed by atoms with Gasteiger partial charge in [0.25, 0.3) is 0 Å². The number of fused-ring (bicyclic) bond motifs is 1. The van der Waals surface area contributed by atoms with Crippen molar-refractivity contribution in [3.8, 4) is 0 Å². The molecule has 0 spiro atoms. The number of nitrogens with zero attached hydrogens (tertiary/aromatic N) is 3. The summed E-state index contributed by atoms with van der Waals surface area (Å²) >= 11 is 1.61. The summed E-state index contributed by atoms with van der Waals surface area (Å²) in [6, 6.07) is 8.55. The van der Waals surface area contributed by atoms with E-state index < -0.39 is 0 Å². The summed E-state index contributed by atoms with van der Waals surface area (Å²) in [5.41, 5.74) is 0. The molecule has 0 bridgehead atoms. The first kappa shape index (κ1) is 14.4. The van der Waals surface area contributed by atoms with Crippen molar-refractivity contribution in [2.45, 2.75) is 25.4 Å². The molecule has 4 nitrogen and oxygen atoms in total. The fourth-order valence-electron chi connectivity index (χ4n) is 3.48. The van der Waals surface area contributed by atoms with Crippen LogP contribution in [0.25, 0.3) is 10.1 Å². The highest BCUT2D eigenvalue weighted by Crippen LogP contribution is 2.29. The molecule has 1 unspecified atom stereocenters. The van der Waals surface area contributed by atoms with Gasteiger partial charge in [-0.25, -0.2) is 0 Å². The number of hydrogen-bond donors (Lipinski definition) is 0. The highest BCUT2D eigenvalue weighted by atomic mass is 32.1. The summed E-state index contributed by atoms with van der Waals surface area (Å²) in [6.07, 6.45) is 4.26. The molecule has 2 saturated heterocycles. The van der Waals surface area contributed by atoms with E-state index in [1.54, 1.807) is 11.5 Å². The lowest BCUT2D eigenvalue weighted by Gasteiger charge is -2.37. The van der Waals surface area contributed by atoms with Crippen LogP contribution in [0.1, 0.15) is 19.3 Å².